The van der Waals surface area contributed by atoms with Crippen LogP contribution in [0.3, 0.4) is 0 Å². The van der Waals surface area contributed by atoms with Gasteiger partial charge in [0, 0.05) is 6.07 Å². The second-order valence-electron chi connectivity index (χ2n) is 4.01. The first kappa shape index (κ1) is 12.4. The Hall–Kier alpha value is -2.04. The van der Waals surface area contributed by atoms with Crippen LogP contribution in [0, 0.1) is 5.92 Å². The predicted molar refractivity (Wildman–Crippen MR) is 62.9 cm³/mol. The van der Waals surface area contributed by atoms with Gasteiger partial charge >= 0.3 is 5.97 Å². The molecule has 1 aromatic carbocycles. The van der Waals surface area contributed by atoms with Gasteiger partial charge in [-0.1, -0.05) is 0 Å². The topological polar surface area (TPSA) is 61.8 Å². The molecule has 0 saturated heterocycles. The Labute approximate surface area is 105 Å². The van der Waals surface area contributed by atoms with Crippen LogP contribution in [0.15, 0.2) is 18.2 Å². The summed E-state index contributed by atoms with van der Waals surface area (Å²) >= 11 is 0. The van der Waals surface area contributed by atoms with Gasteiger partial charge in [-0.05, 0) is 12.1 Å². The van der Waals surface area contributed by atoms with Gasteiger partial charge < -0.3 is 14.2 Å². The van der Waals surface area contributed by atoms with E-state index in [9.17, 15) is 9.59 Å². The Morgan fingerprint density at radius 3 is 2.89 bits per heavy atom. The Bertz CT molecular complexity index is 480. The molecule has 1 unspecified atom stereocenters. The Morgan fingerprint density at radius 2 is 2.22 bits per heavy atom. The van der Waals surface area contributed by atoms with Crippen molar-refractivity contribution in [1.82, 2.24) is 0 Å². The average molecular weight is 250 g/mol. The number of methoxy groups -OCH3 is 2. The van der Waals surface area contributed by atoms with E-state index in [0.29, 0.717) is 17.1 Å². The minimum absolute atomic E-state index is 0.0425. The zero-order valence-electron chi connectivity index (χ0n) is 10.3. The highest BCUT2D eigenvalue weighted by molar-refractivity contribution is 6.02. The van der Waals surface area contributed by atoms with Gasteiger partial charge in [0.15, 0.2) is 5.78 Å². The number of esters is 1. The number of carbonyl (C=O) groups is 2. The summed E-state index contributed by atoms with van der Waals surface area (Å²) in [5.41, 5.74) is 0.482. The Kier molecular flexibility index (Phi) is 3.50. The van der Waals surface area contributed by atoms with Crippen molar-refractivity contribution < 1.29 is 23.8 Å². The highest BCUT2D eigenvalue weighted by Crippen LogP contribution is 2.32. The summed E-state index contributed by atoms with van der Waals surface area (Å²) in [4.78, 5) is 23.3. The summed E-state index contributed by atoms with van der Waals surface area (Å²) in [7, 11) is 2.85. The number of fused-ring (bicyclic) bond motifs is 1. The number of ketones is 1. The van der Waals surface area contributed by atoms with Crippen LogP contribution >= 0.6 is 0 Å². The number of rotatable bonds is 3. The van der Waals surface area contributed by atoms with Crippen LogP contribution in [0.5, 0.6) is 11.5 Å². The van der Waals surface area contributed by atoms with E-state index in [2.05, 4.69) is 4.74 Å². The molecule has 1 heterocycles. The second kappa shape index (κ2) is 5.08. The molecule has 5 heteroatoms. The first-order valence-electron chi connectivity index (χ1n) is 5.57. The standard InChI is InChI=1S/C13H14O5/c1-16-9-3-4-10-11(6-9)18-7-8(13(10)15)5-12(14)17-2/h3-4,6,8H,5,7H2,1-2H3. The molecule has 2 rings (SSSR count). The van der Waals surface area contributed by atoms with Gasteiger partial charge in [0.05, 0.1) is 38.7 Å². The Balaban J connectivity index is 2.21. The first-order chi connectivity index (χ1) is 8.65. The molecule has 1 aliphatic heterocycles. The van der Waals surface area contributed by atoms with Crippen LogP contribution in [-0.2, 0) is 9.53 Å². The maximum atomic E-state index is 12.1. The molecule has 96 valence electrons. The number of hydrogen-bond acceptors (Lipinski definition) is 5. The predicted octanol–water partition coefficient (Wildman–Crippen LogP) is 1.45. The number of Topliss-reactive ketones (excluding diaryl/α,β-unsaturated/α-hetero) is 1. The quantitative estimate of drug-likeness (QED) is 0.760. The maximum Gasteiger partial charge on any atom is 0.306 e. The Morgan fingerprint density at radius 1 is 1.44 bits per heavy atom. The van der Waals surface area contributed by atoms with Crippen molar-refractivity contribution in [3.63, 3.8) is 0 Å². The van der Waals surface area contributed by atoms with Gasteiger partial charge in [0.1, 0.15) is 11.5 Å². The zero-order chi connectivity index (χ0) is 13.1. The second-order valence-corrected chi connectivity index (χ2v) is 4.01. The van der Waals surface area contributed by atoms with Crippen LogP contribution in [-0.4, -0.2) is 32.6 Å². The van der Waals surface area contributed by atoms with Crippen molar-refractivity contribution in [1.29, 1.82) is 0 Å². The van der Waals surface area contributed by atoms with Gasteiger partial charge in [-0.2, -0.15) is 0 Å². The molecule has 18 heavy (non-hydrogen) atoms. The van der Waals surface area contributed by atoms with Crippen molar-refractivity contribution in [3.05, 3.63) is 23.8 Å². The third-order valence-electron chi connectivity index (χ3n) is 2.91. The van der Waals surface area contributed by atoms with E-state index in [4.69, 9.17) is 9.47 Å². The molecule has 0 N–H and O–H groups in total. The van der Waals surface area contributed by atoms with E-state index in [1.807, 2.05) is 0 Å². The lowest BCUT2D eigenvalue weighted by molar-refractivity contribution is -0.141. The molecule has 1 atom stereocenters. The molecule has 1 aliphatic rings. The van der Waals surface area contributed by atoms with Crippen molar-refractivity contribution in [2.24, 2.45) is 5.92 Å². The highest BCUT2D eigenvalue weighted by Gasteiger charge is 2.31. The fraction of sp³-hybridized carbons (Fsp3) is 0.385. The van der Waals surface area contributed by atoms with Gasteiger partial charge in [-0.3, -0.25) is 9.59 Å². The molecule has 0 radical (unpaired) electrons. The summed E-state index contributed by atoms with van der Waals surface area (Å²) < 4.78 is 15.1. The zero-order valence-corrected chi connectivity index (χ0v) is 10.3. The summed E-state index contributed by atoms with van der Waals surface area (Å²) in [6.45, 7) is 0.189. The summed E-state index contributed by atoms with van der Waals surface area (Å²) in [5, 5.41) is 0. The van der Waals surface area contributed by atoms with Crippen molar-refractivity contribution >= 4 is 11.8 Å². The monoisotopic (exact) mass is 250 g/mol. The molecule has 0 amide bonds. The van der Waals surface area contributed by atoms with Gasteiger partial charge in [0.25, 0.3) is 0 Å². The largest absolute Gasteiger partial charge is 0.497 e. The number of benzene rings is 1. The first-order valence-corrected chi connectivity index (χ1v) is 5.57. The fourth-order valence-corrected chi connectivity index (χ4v) is 1.87. The van der Waals surface area contributed by atoms with E-state index in [1.54, 1.807) is 25.3 Å². The van der Waals surface area contributed by atoms with Crippen molar-refractivity contribution in [2.45, 2.75) is 6.42 Å². The van der Waals surface area contributed by atoms with Gasteiger partial charge in [-0.15, -0.1) is 0 Å². The van der Waals surface area contributed by atoms with Crippen LogP contribution in [0.2, 0.25) is 0 Å². The summed E-state index contributed by atoms with van der Waals surface area (Å²) in [5.74, 6) is 0.157. The molecule has 0 saturated carbocycles. The van der Waals surface area contributed by atoms with Crippen LogP contribution < -0.4 is 9.47 Å². The molecular formula is C13H14O5. The van der Waals surface area contributed by atoms with Gasteiger partial charge in [0.2, 0.25) is 0 Å². The number of hydrogen-bond donors (Lipinski definition) is 0. The average Bonchev–Trinajstić information content (AvgIpc) is 2.41. The normalized spacial score (nSPS) is 17.7. The minimum Gasteiger partial charge on any atom is -0.497 e. The highest BCUT2D eigenvalue weighted by atomic mass is 16.5. The van der Waals surface area contributed by atoms with E-state index in [-0.39, 0.29) is 18.8 Å². The molecule has 0 aromatic heterocycles. The molecule has 0 aliphatic carbocycles. The van der Waals surface area contributed by atoms with Crippen LogP contribution in [0.25, 0.3) is 0 Å². The van der Waals surface area contributed by atoms with Crippen LogP contribution in [0.4, 0.5) is 0 Å². The summed E-state index contributed by atoms with van der Waals surface area (Å²) in [6.07, 6.45) is 0.0425. The van der Waals surface area contributed by atoms with Gasteiger partial charge in [-0.25, -0.2) is 0 Å². The molecule has 0 fully saturated rings. The molecular weight excluding hydrogens is 236 g/mol. The van der Waals surface area contributed by atoms with E-state index < -0.39 is 11.9 Å². The van der Waals surface area contributed by atoms with Crippen molar-refractivity contribution in [2.75, 3.05) is 20.8 Å². The van der Waals surface area contributed by atoms with Crippen molar-refractivity contribution in [3.8, 4) is 11.5 Å². The van der Waals surface area contributed by atoms with Crippen LogP contribution in [0.1, 0.15) is 16.8 Å². The van der Waals surface area contributed by atoms with E-state index in [1.165, 1.54) is 7.11 Å². The third-order valence-corrected chi connectivity index (χ3v) is 2.91. The number of ether oxygens (including phenoxy) is 3. The van der Waals surface area contributed by atoms with E-state index >= 15 is 0 Å². The molecule has 0 spiro atoms. The summed E-state index contributed by atoms with van der Waals surface area (Å²) in [6, 6.07) is 5.02. The third kappa shape index (κ3) is 2.30. The van der Waals surface area contributed by atoms with E-state index in [0.717, 1.165) is 0 Å². The molecule has 1 aromatic rings. The lowest BCUT2D eigenvalue weighted by Crippen LogP contribution is -2.30. The SMILES string of the molecule is COC(=O)CC1COc2cc(OC)ccc2C1=O. The number of carbonyl (C=O) groups excluding carboxylic acids is 2. The fourth-order valence-electron chi connectivity index (χ4n) is 1.87. The molecule has 0 bridgehead atoms. The maximum absolute atomic E-state index is 12.1. The minimum atomic E-state index is -0.474. The molecule has 5 nitrogen and oxygen atoms in total. The smallest absolute Gasteiger partial charge is 0.306 e. The lowest BCUT2D eigenvalue weighted by Gasteiger charge is -2.23. The lowest BCUT2D eigenvalue weighted by atomic mass is 9.92.